The SMILES string of the molecule is CCOc1cc(C)c(-c2nc3ccccc3c(=O)n2N=Cc2ccc(OCc3cccc([N+](=O)[O-])c3)c(Br)c2)cc1C(C)C. The van der Waals surface area contributed by atoms with E-state index in [-0.39, 0.29) is 23.8 Å². The van der Waals surface area contributed by atoms with Crippen LogP contribution in [0.5, 0.6) is 11.5 Å². The molecule has 0 aliphatic heterocycles. The Hall–Kier alpha value is -4.83. The average molecular weight is 656 g/mol. The molecule has 1 aromatic heterocycles. The molecule has 44 heavy (non-hydrogen) atoms. The van der Waals surface area contributed by atoms with E-state index in [1.165, 1.54) is 16.8 Å². The minimum atomic E-state index is -0.435. The zero-order valence-electron chi connectivity index (χ0n) is 24.8. The van der Waals surface area contributed by atoms with Gasteiger partial charge in [-0.2, -0.15) is 9.78 Å². The number of rotatable bonds is 10. The van der Waals surface area contributed by atoms with Crippen LogP contribution in [0.3, 0.4) is 0 Å². The van der Waals surface area contributed by atoms with Crippen molar-refractivity contribution in [1.82, 2.24) is 9.66 Å². The minimum Gasteiger partial charge on any atom is -0.494 e. The van der Waals surface area contributed by atoms with Gasteiger partial charge in [0.15, 0.2) is 5.82 Å². The van der Waals surface area contributed by atoms with Crippen LogP contribution >= 0.6 is 15.9 Å². The average Bonchev–Trinajstić information content (AvgIpc) is 3.00. The van der Waals surface area contributed by atoms with E-state index in [1.54, 1.807) is 30.5 Å². The maximum Gasteiger partial charge on any atom is 0.282 e. The quantitative estimate of drug-likeness (QED) is 0.0857. The molecule has 0 spiro atoms. The summed E-state index contributed by atoms with van der Waals surface area (Å²) in [6.07, 6.45) is 1.60. The summed E-state index contributed by atoms with van der Waals surface area (Å²) in [6, 6.07) is 23.0. The van der Waals surface area contributed by atoms with Crippen LogP contribution in [-0.4, -0.2) is 27.4 Å². The summed E-state index contributed by atoms with van der Waals surface area (Å²) in [5.41, 5.74) is 4.45. The number of aromatic nitrogens is 2. The van der Waals surface area contributed by atoms with Gasteiger partial charge in [-0.3, -0.25) is 14.9 Å². The van der Waals surface area contributed by atoms with Crippen LogP contribution < -0.4 is 15.0 Å². The number of nitrogens with zero attached hydrogens (tertiary/aromatic N) is 4. The third kappa shape index (κ3) is 6.55. The second-order valence-electron chi connectivity index (χ2n) is 10.5. The fourth-order valence-electron chi connectivity index (χ4n) is 4.84. The van der Waals surface area contributed by atoms with Gasteiger partial charge in [-0.1, -0.05) is 38.1 Å². The first-order chi connectivity index (χ1) is 21.2. The molecule has 0 bridgehead atoms. The van der Waals surface area contributed by atoms with Crippen LogP contribution in [0, 0.1) is 17.0 Å². The molecule has 1 heterocycles. The first-order valence-electron chi connectivity index (χ1n) is 14.2. The molecule has 5 rings (SSSR count). The van der Waals surface area contributed by atoms with Crippen molar-refractivity contribution in [1.29, 1.82) is 0 Å². The lowest BCUT2D eigenvalue weighted by molar-refractivity contribution is -0.384. The molecule has 0 radical (unpaired) electrons. The van der Waals surface area contributed by atoms with Gasteiger partial charge >= 0.3 is 0 Å². The van der Waals surface area contributed by atoms with Gasteiger partial charge in [0.25, 0.3) is 11.2 Å². The van der Waals surface area contributed by atoms with Gasteiger partial charge < -0.3 is 9.47 Å². The number of para-hydroxylation sites is 1. The summed E-state index contributed by atoms with van der Waals surface area (Å²) in [6.45, 7) is 8.85. The Labute approximate surface area is 263 Å². The third-order valence-corrected chi connectivity index (χ3v) is 7.69. The molecule has 0 N–H and O–H groups in total. The van der Waals surface area contributed by atoms with Gasteiger partial charge in [-0.15, -0.1) is 0 Å². The van der Waals surface area contributed by atoms with Crippen LogP contribution in [-0.2, 0) is 6.61 Å². The van der Waals surface area contributed by atoms with Gasteiger partial charge in [0.05, 0.1) is 33.1 Å². The number of nitro benzene ring substituents is 1. The van der Waals surface area contributed by atoms with Crippen molar-refractivity contribution in [3.63, 3.8) is 0 Å². The highest BCUT2D eigenvalue weighted by atomic mass is 79.9. The standard InChI is InChI=1S/C34H31BrN4O5/c1-5-43-32-15-22(4)28(18-27(32)21(2)3)33-37-30-12-7-6-11-26(30)34(40)38(33)36-19-23-13-14-31(29(35)17-23)44-20-24-9-8-10-25(16-24)39(41)42/h6-19,21H,5,20H2,1-4H3. The molecule has 10 heteroatoms. The summed E-state index contributed by atoms with van der Waals surface area (Å²) < 4.78 is 13.8. The lowest BCUT2D eigenvalue weighted by Gasteiger charge is -2.18. The van der Waals surface area contributed by atoms with Crippen molar-refractivity contribution in [2.24, 2.45) is 5.10 Å². The smallest absolute Gasteiger partial charge is 0.282 e. The van der Waals surface area contributed by atoms with Crippen molar-refractivity contribution in [3.05, 3.63) is 126 Å². The highest BCUT2D eigenvalue weighted by molar-refractivity contribution is 9.10. The molecule has 0 unspecified atom stereocenters. The molecule has 5 aromatic rings. The van der Waals surface area contributed by atoms with Crippen LogP contribution in [0.25, 0.3) is 22.3 Å². The molecule has 0 saturated carbocycles. The zero-order valence-corrected chi connectivity index (χ0v) is 26.4. The number of halogens is 1. The Bertz CT molecular complexity index is 1950. The number of fused-ring (bicyclic) bond motifs is 1. The lowest BCUT2D eigenvalue weighted by Crippen LogP contribution is -2.20. The van der Waals surface area contributed by atoms with E-state index in [9.17, 15) is 14.9 Å². The molecule has 224 valence electrons. The van der Waals surface area contributed by atoms with Crippen LogP contribution in [0.2, 0.25) is 0 Å². The van der Waals surface area contributed by atoms with E-state index in [0.29, 0.717) is 39.1 Å². The van der Waals surface area contributed by atoms with Crippen molar-refractivity contribution >= 4 is 38.7 Å². The van der Waals surface area contributed by atoms with Gasteiger partial charge in [0.1, 0.15) is 18.1 Å². The van der Waals surface area contributed by atoms with Crippen LogP contribution in [0.4, 0.5) is 5.69 Å². The summed E-state index contributed by atoms with van der Waals surface area (Å²) in [4.78, 5) is 29.3. The van der Waals surface area contributed by atoms with Gasteiger partial charge in [0.2, 0.25) is 0 Å². The molecule has 9 nitrogen and oxygen atoms in total. The van der Waals surface area contributed by atoms with Crippen molar-refractivity contribution in [2.45, 2.75) is 40.2 Å². The van der Waals surface area contributed by atoms with E-state index >= 15 is 0 Å². The summed E-state index contributed by atoms with van der Waals surface area (Å²) >= 11 is 3.55. The number of ether oxygens (including phenoxy) is 2. The maximum atomic E-state index is 13.8. The predicted molar refractivity (Wildman–Crippen MR) is 176 cm³/mol. The van der Waals surface area contributed by atoms with Crippen molar-refractivity contribution in [3.8, 4) is 22.9 Å². The summed E-state index contributed by atoms with van der Waals surface area (Å²) in [7, 11) is 0. The molecule has 0 amide bonds. The first-order valence-corrected chi connectivity index (χ1v) is 14.9. The number of hydrogen-bond donors (Lipinski definition) is 0. The lowest BCUT2D eigenvalue weighted by atomic mass is 9.96. The normalized spacial score (nSPS) is 11.4. The van der Waals surface area contributed by atoms with Crippen molar-refractivity contribution < 1.29 is 14.4 Å². The molecule has 0 aliphatic carbocycles. The number of hydrogen-bond acceptors (Lipinski definition) is 7. The molecule has 0 saturated heterocycles. The fraction of sp³-hybridized carbons (Fsp3) is 0.206. The Morgan fingerprint density at radius 1 is 1.02 bits per heavy atom. The second-order valence-corrected chi connectivity index (χ2v) is 11.4. The fourth-order valence-corrected chi connectivity index (χ4v) is 5.35. The Balaban J connectivity index is 1.51. The first kappa shape index (κ1) is 30.6. The number of aryl methyl sites for hydroxylation is 1. The molecular formula is C34H31BrN4O5. The van der Waals surface area contributed by atoms with E-state index in [2.05, 4.69) is 34.9 Å². The predicted octanol–water partition coefficient (Wildman–Crippen LogP) is 8.03. The largest absolute Gasteiger partial charge is 0.494 e. The van der Waals surface area contributed by atoms with Crippen molar-refractivity contribution in [2.75, 3.05) is 6.61 Å². The molecule has 0 fully saturated rings. The summed E-state index contributed by atoms with van der Waals surface area (Å²) in [5.74, 6) is 2.00. The third-order valence-electron chi connectivity index (χ3n) is 7.07. The number of benzene rings is 4. The number of nitro groups is 1. The van der Waals surface area contributed by atoms with Crippen LogP contribution in [0.1, 0.15) is 48.9 Å². The Kier molecular flexibility index (Phi) is 9.20. The molecule has 4 aromatic carbocycles. The van der Waals surface area contributed by atoms with Gasteiger partial charge in [-0.25, -0.2) is 4.98 Å². The summed E-state index contributed by atoms with van der Waals surface area (Å²) in [5, 5.41) is 16.2. The van der Waals surface area contributed by atoms with E-state index in [4.69, 9.17) is 14.5 Å². The molecular weight excluding hydrogens is 624 g/mol. The maximum absolute atomic E-state index is 13.8. The van der Waals surface area contributed by atoms with E-state index < -0.39 is 4.92 Å². The zero-order chi connectivity index (χ0) is 31.4. The topological polar surface area (TPSA) is 109 Å². The van der Waals surface area contributed by atoms with Crippen LogP contribution in [0.15, 0.2) is 93.2 Å². The molecule has 0 aliphatic rings. The van der Waals surface area contributed by atoms with E-state index in [0.717, 1.165) is 28.0 Å². The Morgan fingerprint density at radius 3 is 2.55 bits per heavy atom. The highest BCUT2D eigenvalue weighted by Gasteiger charge is 2.18. The van der Waals surface area contributed by atoms with E-state index in [1.807, 2.05) is 56.3 Å². The second kappa shape index (κ2) is 13.2. The Morgan fingerprint density at radius 2 is 1.82 bits per heavy atom. The highest BCUT2D eigenvalue weighted by Crippen LogP contribution is 2.34. The minimum absolute atomic E-state index is 0.00961. The number of non-ortho nitro benzene ring substituents is 1. The molecule has 0 atom stereocenters. The monoisotopic (exact) mass is 654 g/mol. The van der Waals surface area contributed by atoms with Gasteiger partial charge in [-0.05, 0) is 100 Å². The van der Waals surface area contributed by atoms with Gasteiger partial charge in [0, 0.05) is 17.7 Å².